The molecular weight excluding hydrogens is 313 g/mol. The SMILES string of the molecule is Ic1ccccc1NCCCC1CCCO1. The van der Waals surface area contributed by atoms with Crippen molar-refractivity contribution in [3.63, 3.8) is 0 Å². The molecule has 0 aromatic heterocycles. The summed E-state index contributed by atoms with van der Waals surface area (Å²) < 4.78 is 6.89. The Hall–Kier alpha value is -0.290. The van der Waals surface area contributed by atoms with Crippen molar-refractivity contribution in [1.29, 1.82) is 0 Å². The number of rotatable bonds is 5. The van der Waals surface area contributed by atoms with Crippen LogP contribution in [0, 0.1) is 3.57 Å². The van der Waals surface area contributed by atoms with Crippen molar-refractivity contribution in [3.05, 3.63) is 27.8 Å². The molecular formula is C13H18INO. The Morgan fingerprint density at radius 2 is 2.25 bits per heavy atom. The largest absolute Gasteiger partial charge is 0.384 e. The highest BCUT2D eigenvalue weighted by Crippen LogP contribution is 2.19. The predicted octanol–water partition coefficient (Wildman–Crippen LogP) is 3.66. The number of para-hydroxylation sites is 1. The Morgan fingerprint density at radius 1 is 1.38 bits per heavy atom. The van der Waals surface area contributed by atoms with Crippen LogP contribution in [0.2, 0.25) is 0 Å². The normalized spacial score (nSPS) is 19.9. The third kappa shape index (κ3) is 3.63. The molecule has 1 unspecified atom stereocenters. The number of benzene rings is 1. The van der Waals surface area contributed by atoms with Crippen LogP contribution < -0.4 is 5.32 Å². The van der Waals surface area contributed by atoms with Crippen molar-refractivity contribution in [3.8, 4) is 0 Å². The van der Waals surface area contributed by atoms with Gasteiger partial charge in [-0.05, 0) is 60.4 Å². The molecule has 1 aromatic rings. The lowest BCUT2D eigenvalue weighted by Crippen LogP contribution is -2.09. The highest BCUT2D eigenvalue weighted by Gasteiger charge is 2.14. The summed E-state index contributed by atoms with van der Waals surface area (Å²) in [6, 6.07) is 8.40. The molecule has 1 atom stereocenters. The van der Waals surface area contributed by atoms with Crippen molar-refractivity contribution < 1.29 is 4.74 Å². The van der Waals surface area contributed by atoms with Crippen LogP contribution in [0.25, 0.3) is 0 Å². The van der Waals surface area contributed by atoms with Crippen molar-refractivity contribution in [2.75, 3.05) is 18.5 Å². The third-order valence-electron chi connectivity index (χ3n) is 2.92. The molecule has 2 rings (SSSR count). The van der Waals surface area contributed by atoms with Gasteiger partial charge in [-0.15, -0.1) is 0 Å². The second-order valence-corrected chi connectivity index (χ2v) is 5.35. The van der Waals surface area contributed by atoms with Gasteiger partial charge in [0.15, 0.2) is 0 Å². The highest BCUT2D eigenvalue weighted by molar-refractivity contribution is 14.1. The van der Waals surface area contributed by atoms with E-state index in [1.807, 2.05) is 0 Å². The molecule has 1 aromatic carbocycles. The van der Waals surface area contributed by atoms with Crippen molar-refractivity contribution >= 4 is 28.3 Å². The molecule has 0 spiro atoms. The lowest BCUT2D eigenvalue weighted by atomic mass is 10.1. The van der Waals surface area contributed by atoms with Crippen LogP contribution in [-0.2, 0) is 4.74 Å². The molecule has 1 N–H and O–H groups in total. The maximum atomic E-state index is 5.60. The quantitative estimate of drug-likeness (QED) is 0.657. The Bertz CT molecular complexity index is 323. The minimum absolute atomic E-state index is 0.525. The smallest absolute Gasteiger partial charge is 0.0576 e. The Morgan fingerprint density at radius 3 is 3.00 bits per heavy atom. The maximum absolute atomic E-state index is 5.60. The third-order valence-corrected chi connectivity index (χ3v) is 3.86. The zero-order chi connectivity index (χ0) is 11.2. The number of halogens is 1. The molecule has 1 aliphatic rings. The first-order valence-electron chi connectivity index (χ1n) is 5.96. The molecule has 0 saturated carbocycles. The number of hydrogen-bond acceptors (Lipinski definition) is 2. The van der Waals surface area contributed by atoms with Crippen LogP contribution in [0.5, 0.6) is 0 Å². The fraction of sp³-hybridized carbons (Fsp3) is 0.538. The monoisotopic (exact) mass is 331 g/mol. The zero-order valence-electron chi connectivity index (χ0n) is 9.42. The second-order valence-electron chi connectivity index (χ2n) is 4.18. The van der Waals surface area contributed by atoms with Gasteiger partial charge in [-0.3, -0.25) is 0 Å². The lowest BCUT2D eigenvalue weighted by Gasteiger charge is -2.11. The first kappa shape index (κ1) is 12.2. The predicted molar refractivity (Wildman–Crippen MR) is 75.9 cm³/mol. The van der Waals surface area contributed by atoms with E-state index in [0.29, 0.717) is 6.10 Å². The summed E-state index contributed by atoms with van der Waals surface area (Å²) >= 11 is 2.36. The number of hydrogen-bond donors (Lipinski definition) is 1. The molecule has 16 heavy (non-hydrogen) atoms. The molecule has 1 saturated heterocycles. The van der Waals surface area contributed by atoms with Crippen LogP contribution in [0.1, 0.15) is 25.7 Å². The minimum Gasteiger partial charge on any atom is -0.384 e. The van der Waals surface area contributed by atoms with E-state index in [4.69, 9.17) is 4.74 Å². The van der Waals surface area contributed by atoms with E-state index in [-0.39, 0.29) is 0 Å². The van der Waals surface area contributed by atoms with E-state index in [9.17, 15) is 0 Å². The number of anilines is 1. The van der Waals surface area contributed by atoms with Gasteiger partial charge in [0.1, 0.15) is 0 Å². The van der Waals surface area contributed by atoms with E-state index in [0.717, 1.165) is 13.2 Å². The van der Waals surface area contributed by atoms with Gasteiger partial charge in [0, 0.05) is 22.4 Å². The van der Waals surface area contributed by atoms with Crippen LogP contribution in [-0.4, -0.2) is 19.3 Å². The van der Waals surface area contributed by atoms with E-state index >= 15 is 0 Å². The molecule has 3 heteroatoms. The van der Waals surface area contributed by atoms with Crippen LogP contribution in [0.3, 0.4) is 0 Å². The molecule has 0 radical (unpaired) electrons. The maximum Gasteiger partial charge on any atom is 0.0576 e. The summed E-state index contributed by atoms with van der Waals surface area (Å²) in [4.78, 5) is 0. The van der Waals surface area contributed by atoms with Crippen LogP contribution in [0.4, 0.5) is 5.69 Å². The summed E-state index contributed by atoms with van der Waals surface area (Å²) in [5.74, 6) is 0. The van der Waals surface area contributed by atoms with Crippen LogP contribution >= 0.6 is 22.6 Å². The fourth-order valence-corrected chi connectivity index (χ4v) is 2.61. The average Bonchev–Trinajstić information content (AvgIpc) is 2.79. The van der Waals surface area contributed by atoms with Crippen molar-refractivity contribution in [2.45, 2.75) is 31.8 Å². The second kappa shape index (κ2) is 6.45. The molecule has 2 nitrogen and oxygen atoms in total. The van der Waals surface area contributed by atoms with E-state index in [2.05, 4.69) is 52.2 Å². The molecule has 88 valence electrons. The zero-order valence-corrected chi connectivity index (χ0v) is 11.6. The van der Waals surface area contributed by atoms with Gasteiger partial charge in [-0.25, -0.2) is 0 Å². The van der Waals surface area contributed by atoms with Gasteiger partial charge in [0.2, 0.25) is 0 Å². The number of ether oxygens (including phenoxy) is 1. The highest BCUT2D eigenvalue weighted by atomic mass is 127. The Labute approximate surface area is 111 Å². The molecule has 1 aliphatic heterocycles. The molecule has 1 fully saturated rings. The van der Waals surface area contributed by atoms with Gasteiger partial charge >= 0.3 is 0 Å². The van der Waals surface area contributed by atoms with Gasteiger partial charge in [-0.1, -0.05) is 12.1 Å². The topological polar surface area (TPSA) is 21.3 Å². The molecule has 0 bridgehead atoms. The summed E-state index contributed by atoms with van der Waals surface area (Å²) in [6.07, 6.45) is 5.40. The summed E-state index contributed by atoms with van der Waals surface area (Å²) in [7, 11) is 0. The molecule has 0 amide bonds. The van der Waals surface area contributed by atoms with Crippen molar-refractivity contribution in [2.24, 2.45) is 0 Å². The summed E-state index contributed by atoms with van der Waals surface area (Å²) in [5.41, 5.74) is 1.25. The number of nitrogens with one attached hydrogen (secondary N) is 1. The van der Waals surface area contributed by atoms with Gasteiger partial charge in [0.05, 0.1) is 6.10 Å². The van der Waals surface area contributed by atoms with E-state index in [1.54, 1.807) is 0 Å². The first-order chi connectivity index (χ1) is 7.86. The lowest BCUT2D eigenvalue weighted by molar-refractivity contribution is 0.103. The first-order valence-corrected chi connectivity index (χ1v) is 7.04. The van der Waals surface area contributed by atoms with Crippen LogP contribution in [0.15, 0.2) is 24.3 Å². The van der Waals surface area contributed by atoms with Gasteiger partial charge in [-0.2, -0.15) is 0 Å². The Kier molecular flexibility index (Phi) is 4.91. The standard InChI is InChI=1S/C13H18INO/c14-12-7-1-2-8-13(12)15-9-3-5-11-6-4-10-16-11/h1-2,7-8,11,15H,3-6,9-10H2. The van der Waals surface area contributed by atoms with Gasteiger partial charge < -0.3 is 10.1 Å². The fourth-order valence-electron chi connectivity index (χ4n) is 2.03. The summed E-state index contributed by atoms with van der Waals surface area (Å²) in [6.45, 7) is 2.01. The Balaban J connectivity index is 1.66. The molecule has 1 heterocycles. The van der Waals surface area contributed by atoms with E-state index in [1.165, 1.54) is 34.9 Å². The van der Waals surface area contributed by atoms with Crippen molar-refractivity contribution in [1.82, 2.24) is 0 Å². The minimum atomic E-state index is 0.525. The van der Waals surface area contributed by atoms with Gasteiger partial charge in [0.25, 0.3) is 0 Å². The summed E-state index contributed by atoms with van der Waals surface area (Å²) in [5, 5.41) is 3.47. The van der Waals surface area contributed by atoms with E-state index < -0.39 is 0 Å². The molecule has 0 aliphatic carbocycles. The average molecular weight is 331 g/mol.